The van der Waals surface area contributed by atoms with E-state index >= 15 is 0 Å². The van der Waals surface area contributed by atoms with Gasteiger partial charge in [-0.05, 0) is 31.0 Å². The number of carbonyl (C=O) groups is 1. The van der Waals surface area contributed by atoms with Gasteiger partial charge in [0.2, 0.25) is 5.91 Å². The number of nitrogens with one attached hydrogen (secondary N) is 1. The van der Waals surface area contributed by atoms with Gasteiger partial charge in [-0.25, -0.2) is 0 Å². The summed E-state index contributed by atoms with van der Waals surface area (Å²) >= 11 is 0. The SMILES string of the molecule is CC1(C)COC(c2ccccc2)CN1CC(=O)NCc1cccnc1. The lowest BCUT2D eigenvalue weighted by atomic mass is 9.98. The summed E-state index contributed by atoms with van der Waals surface area (Å²) in [4.78, 5) is 18.7. The summed E-state index contributed by atoms with van der Waals surface area (Å²) in [5.74, 6) is 0.0191. The number of hydrogen-bond acceptors (Lipinski definition) is 4. The van der Waals surface area contributed by atoms with Crippen LogP contribution in [0.15, 0.2) is 54.9 Å². The van der Waals surface area contributed by atoms with E-state index in [1.807, 2.05) is 30.3 Å². The second-order valence-electron chi connectivity index (χ2n) is 7.04. The van der Waals surface area contributed by atoms with Crippen LogP contribution in [0.2, 0.25) is 0 Å². The Kier molecular flexibility index (Phi) is 5.46. The predicted octanol–water partition coefficient (Wildman–Crippen LogP) is 2.55. The summed E-state index contributed by atoms with van der Waals surface area (Å²) in [6.45, 7) is 6.39. The predicted molar refractivity (Wildman–Crippen MR) is 96.9 cm³/mol. The van der Waals surface area contributed by atoms with Crippen molar-refractivity contribution in [3.05, 3.63) is 66.0 Å². The summed E-state index contributed by atoms with van der Waals surface area (Å²) in [5.41, 5.74) is 1.98. The lowest BCUT2D eigenvalue weighted by Gasteiger charge is -2.45. The molecule has 1 saturated heterocycles. The minimum absolute atomic E-state index is 0.000323. The summed E-state index contributed by atoms with van der Waals surface area (Å²) in [6, 6.07) is 14.0. The fourth-order valence-corrected chi connectivity index (χ4v) is 2.98. The van der Waals surface area contributed by atoms with E-state index in [-0.39, 0.29) is 17.6 Å². The average Bonchev–Trinajstić information content (AvgIpc) is 2.63. The highest BCUT2D eigenvalue weighted by molar-refractivity contribution is 5.78. The molecule has 1 aromatic carbocycles. The highest BCUT2D eigenvalue weighted by Crippen LogP contribution is 2.29. The zero-order valence-electron chi connectivity index (χ0n) is 14.8. The van der Waals surface area contributed by atoms with Crippen LogP contribution in [0.4, 0.5) is 0 Å². The number of benzene rings is 1. The Hall–Kier alpha value is -2.24. The molecule has 2 aromatic rings. The fourth-order valence-electron chi connectivity index (χ4n) is 2.98. The van der Waals surface area contributed by atoms with Crippen molar-refractivity contribution in [3.8, 4) is 0 Å². The molecule has 5 heteroatoms. The van der Waals surface area contributed by atoms with Crippen molar-refractivity contribution in [1.82, 2.24) is 15.2 Å². The summed E-state index contributed by atoms with van der Waals surface area (Å²) in [6.07, 6.45) is 3.50. The van der Waals surface area contributed by atoms with Crippen LogP contribution in [0, 0.1) is 0 Å². The molecular formula is C20H25N3O2. The molecule has 1 N–H and O–H groups in total. The Morgan fingerprint density at radius 1 is 1.28 bits per heavy atom. The van der Waals surface area contributed by atoms with Gasteiger partial charge in [0.1, 0.15) is 0 Å². The molecule has 1 amide bonds. The number of rotatable bonds is 5. The number of amides is 1. The molecule has 1 aliphatic heterocycles. The van der Waals surface area contributed by atoms with Crippen LogP contribution in [0.3, 0.4) is 0 Å². The van der Waals surface area contributed by atoms with Gasteiger partial charge >= 0.3 is 0 Å². The Morgan fingerprint density at radius 3 is 2.80 bits per heavy atom. The van der Waals surface area contributed by atoms with Crippen molar-refractivity contribution in [3.63, 3.8) is 0 Å². The fraction of sp³-hybridized carbons (Fsp3) is 0.400. The van der Waals surface area contributed by atoms with Crippen LogP contribution in [0.25, 0.3) is 0 Å². The van der Waals surface area contributed by atoms with Crippen molar-refractivity contribution >= 4 is 5.91 Å². The lowest BCUT2D eigenvalue weighted by Crippen LogP contribution is -2.56. The van der Waals surface area contributed by atoms with Crippen LogP contribution in [-0.2, 0) is 16.1 Å². The Bertz CT molecular complexity index is 689. The van der Waals surface area contributed by atoms with E-state index in [0.29, 0.717) is 26.2 Å². The largest absolute Gasteiger partial charge is 0.370 e. The summed E-state index contributed by atoms with van der Waals surface area (Å²) in [7, 11) is 0. The average molecular weight is 339 g/mol. The minimum Gasteiger partial charge on any atom is -0.370 e. The van der Waals surface area contributed by atoms with Gasteiger partial charge in [0.25, 0.3) is 0 Å². The maximum atomic E-state index is 12.4. The maximum Gasteiger partial charge on any atom is 0.234 e. The molecule has 1 unspecified atom stereocenters. The molecule has 0 aliphatic carbocycles. The first-order valence-electron chi connectivity index (χ1n) is 8.62. The monoisotopic (exact) mass is 339 g/mol. The Morgan fingerprint density at radius 2 is 2.08 bits per heavy atom. The summed E-state index contributed by atoms with van der Waals surface area (Å²) in [5, 5.41) is 2.98. The van der Waals surface area contributed by atoms with Crippen LogP contribution < -0.4 is 5.32 Å². The van der Waals surface area contributed by atoms with E-state index in [1.165, 1.54) is 0 Å². The number of nitrogens with zero attached hydrogens (tertiary/aromatic N) is 2. The third-order valence-corrected chi connectivity index (χ3v) is 4.60. The first-order valence-corrected chi connectivity index (χ1v) is 8.62. The van der Waals surface area contributed by atoms with Crippen molar-refractivity contribution in [2.24, 2.45) is 0 Å². The molecule has 0 spiro atoms. The van der Waals surface area contributed by atoms with Gasteiger partial charge < -0.3 is 10.1 Å². The van der Waals surface area contributed by atoms with Gasteiger partial charge in [-0.15, -0.1) is 0 Å². The highest BCUT2D eigenvalue weighted by atomic mass is 16.5. The number of carbonyl (C=O) groups excluding carboxylic acids is 1. The van der Waals surface area contributed by atoms with Crippen molar-refractivity contribution in [2.75, 3.05) is 19.7 Å². The maximum absolute atomic E-state index is 12.4. The highest BCUT2D eigenvalue weighted by Gasteiger charge is 2.36. The topological polar surface area (TPSA) is 54.5 Å². The molecule has 1 aromatic heterocycles. The molecule has 3 rings (SSSR count). The second-order valence-corrected chi connectivity index (χ2v) is 7.04. The van der Waals surface area contributed by atoms with Crippen LogP contribution in [0.1, 0.15) is 31.1 Å². The quantitative estimate of drug-likeness (QED) is 0.910. The van der Waals surface area contributed by atoms with Gasteiger partial charge in [-0.2, -0.15) is 0 Å². The number of ether oxygens (including phenoxy) is 1. The van der Waals surface area contributed by atoms with Gasteiger partial charge in [0, 0.05) is 31.0 Å². The van der Waals surface area contributed by atoms with Gasteiger partial charge in [0.15, 0.2) is 0 Å². The van der Waals surface area contributed by atoms with Crippen molar-refractivity contribution in [2.45, 2.75) is 32.0 Å². The van der Waals surface area contributed by atoms with E-state index in [0.717, 1.165) is 11.1 Å². The molecular weight excluding hydrogens is 314 g/mol. The molecule has 132 valence electrons. The van der Waals surface area contributed by atoms with Gasteiger partial charge in [-0.3, -0.25) is 14.7 Å². The molecule has 5 nitrogen and oxygen atoms in total. The number of hydrogen-bond donors (Lipinski definition) is 1. The summed E-state index contributed by atoms with van der Waals surface area (Å²) < 4.78 is 6.04. The molecule has 0 saturated carbocycles. The minimum atomic E-state index is -0.170. The molecule has 1 aliphatic rings. The van der Waals surface area contributed by atoms with E-state index in [9.17, 15) is 4.79 Å². The van der Waals surface area contributed by atoms with Crippen LogP contribution in [0.5, 0.6) is 0 Å². The van der Waals surface area contributed by atoms with Crippen molar-refractivity contribution < 1.29 is 9.53 Å². The molecule has 1 fully saturated rings. The number of morpholine rings is 1. The van der Waals surface area contributed by atoms with Gasteiger partial charge in [-0.1, -0.05) is 36.4 Å². The third kappa shape index (κ3) is 4.65. The standard InChI is InChI=1S/C20H25N3O2/c1-20(2)15-25-18(17-8-4-3-5-9-17)13-23(20)14-19(24)22-12-16-7-6-10-21-11-16/h3-11,18H,12-15H2,1-2H3,(H,22,24). The van der Waals surface area contributed by atoms with Gasteiger partial charge in [0.05, 0.1) is 19.3 Å². The smallest absolute Gasteiger partial charge is 0.234 e. The molecule has 2 heterocycles. The zero-order chi connectivity index (χ0) is 17.7. The number of pyridine rings is 1. The molecule has 0 radical (unpaired) electrons. The van der Waals surface area contributed by atoms with E-state index < -0.39 is 0 Å². The van der Waals surface area contributed by atoms with E-state index in [4.69, 9.17) is 4.74 Å². The third-order valence-electron chi connectivity index (χ3n) is 4.60. The molecule has 25 heavy (non-hydrogen) atoms. The Balaban J connectivity index is 1.59. The van der Waals surface area contributed by atoms with Crippen molar-refractivity contribution in [1.29, 1.82) is 0 Å². The van der Waals surface area contributed by atoms with Crippen LogP contribution in [-0.4, -0.2) is 41.0 Å². The number of aromatic nitrogens is 1. The lowest BCUT2D eigenvalue weighted by molar-refractivity contribution is -0.133. The second kappa shape index (κ2) is 7.76. The van der Waals surface area contributed by atoms with Crippen LogP contribution >= 0.6 is 0 Å². The van der Waals surface area contributed by atoms with E-state index in [1.54, 1.807) is 12.4 Å². The first kappa shape index (κ1) is 17.6. The first-order chi connectivity index (χ1) is 12.0. The zero-order valence-corrected chi connectivity index (χ0v) is 14.8. The molecule has 0 bridgehead atoms. The molecule has 1 atom stereocenters. The Labute approximate surface area is 149 Å². The normalized spacial score (nSPS) is 20.2. The van der Waals surface area contributed by atoms with E-state index in [2.05, 4.69) is 41.2 Å².